The smallest absolute Gasteiger partial charge is 0.195 e. The fourth-order valence-corrected chi connectivity index (χ4v) is 2.24. The van der Waals surface area contributed by atoms with Crippen molar-refractivity contribution < 1.29 is 23.0 Å². The number of guanidine groups is 1. The molecule has 0 aliphatic rings. The second-order valence-electron chi connectivity index (χ2n) is 5.35. The number of ether oxygens (including phenoxy) is 3. The van der Waals surface area contributed by atoms with Crippen molar-refractivity contribution in [3.05, 3.63) is 48.0 Å². The van der Waals surface area contributed by atoms with Gasteiger partial charge in [0.15, 0.2) is 29.1 Å². The second-order valence-corrected chi connectivity index (χ2v) is 5.35. The van der Waals surface area contributed by atoms with Crippen LogP contribution in [-0.4, -0.2) is 39.9 Å². The molecule has 0 saturated heterocycles. The molecule has 27 heavy (non-hydrogen) atoms. The minimum atomic E-state index is -0.942. The first-order chi connectivity index (χ1) is 13.1. The lowest BCUT2D eigenvalue weighted by atomic mass is 10.2. The zero-order chi connectivity index (χ0) is 19.6. The predicted molar refractivity (Wildman–Crippen MR) is 101 cm³/mol. The van der Waals surface area contributed by atoms with Crippen molar-refractivity contribution in [1.82, 2.24) is 5.32 Å². The topological polar surface area (TPSA) is 64.1 Å². The Morgan fingerprint density at radius 2 is 1.85 bits per heavy atom. The van der Waals surface area contributed by atoms with Crippen LogP contribution in [0.15, 0.2) is 41.4 Å². The van der Waals surface area contributed by atoms with E-state index in [2.05, 4.69) is 15.6 Å². The second kappa shape index (κ2) is 10.2. The Kier molecular flexibility index (Phi) is 7.66. The summed E-state index contributed by atoms with van der Waals surface area (Å²) in [6.45, 7) is 3.08. The van der Waals surface area contributed by atoms with Gasteiger partial charge in [0.05, 0.1) is 20.3 Å². The highest BCUT2D eigenvalue weighted by molar-refractivity contribution is 5.93. The number of benzene rings is 2. The molecule has 0 radical (unpaired) electrons. The van der Waals surface area contributed by atoms with E-state index in [9.17, 15) is 8.78 Å². The molecule has 2 aromatic rings. The quantitative estimate of drug-likeness (QED) is 0.418. The van der Waals surface area contributed by atoms with Crippen LogP contribution in [0.4, 0.5) is 14.5 Å². The molecule has 2 aromatic carbocycles. The van der Waals surface area contributed by atoms with Gasteiger partial charge < -0.3 is 24.8 Å². The molecule has 2 N–H and O–H groups in total. The van der Waals surface area contributed by atoms with Crippen molar-refractivity contribution in [3.8, 4) is 17.2 Å². The maximum atomic E-state index is 13.1. The molecule has 0 aromatic heterocycles. The minimum absolute atomic E-state index is 0.249. The van der Waals surface area contributed by atoms with Gasteiger partial charge in [0.2, 0.25) is 0 Å². The average molecular weight is 379 g/mol. The summed E-state index contributed by atoms with van der Waals surface area (Å²) in [5.41, 5.74) is 0.772. The van der Waals surface area contributed by atoms with Gasteiger partial charge in [-0.15, -0.1) is 0 Å². The molecular formula is C19H23F2N3O3. The molecule has 6 nitrogen and oxygen atoms in total. The number of methoxy groups -OCH3 is 1. The Labute approximate surface area is 157 Å². The highest BCUT2D eigenvalue weighted by Gasteiger charge is 2.07. The molecule has 0 atom stereocenters. The van der Waals surface area contributed by atoms with E-state index in [0.717, 1.165) is 17.8 Å². The first-order valence-corrected chi connectivity index (χ1v) is 8.43. The molecule has 0 spiro atoms. The third kappa shape index (κ3) is 6.02. The molecule has 0 saturated carbocycles. The Morgan fingerprint density at radius 3 is 2.52 bits per heavy atom. The van der Waals surface area contributed by atoms with Crippen molar-refractivity contribution in [2.75, 3.05) is 39.2 Å². The molecule has 0 aliphatic heterocycles. The van der Waals surface area contributed by atoms with Gasteiger partial charge in [-0.25, -0.2) is 8.78 Å². The number of aliphatic imine (C=N–C) groups is 1. The molecule has 0 heterocycles. The average Bonchev–Trinajstić information content (AvgIpc) is 2.67. The maximum absolute atomic E-state index is 13.1. The molecule has 0 unspecified atom stereocenters. The third-order valence-corrected chi connectivity index (χ3v) is 3.50. The lowest BCUT2D eigenvalue weighted by Crippen LogP contribution is -2.33. The van der Waals surface area contributed by atoms with Crippen LogP contribution in [0.5, 0.6) is 17.2 Å². The fraction of sp³-hybridized carbons (Fsp3) is 0.316. The van der Waals surface area contributed by atoms with E-state index in [-0.39, 0.29) is 12.4 Å². The van der Waals surface area contributed by atoms with Crippen LogP contribution < -0.4 is 24.8 Å². The monoisotopic (exact) mass is 379 g/mol. The Hall–Kier alpha value is -3.03. The lowest BCUT2D eigenvalue weighted by molar-refractivity contribution is 0.311. The first-order valence-electron chi connectivity index (χ1n) is 8.43. The largest absolute Gasteiger partial charge is 0.493 e. The van der Waals surface area contributed by atoms with E-state index in [1.165, 1.54) is 6.07 Å². The van der Waals surface area contributed by atoms with Gasteiger partial charge in [-0.3, -0.25) is 4.99 Å². The molecular weight excluding hydrogens is 356 g/mol. The normalized spacial score (nSPS) is 11.1. The number of rotatable bonds is 8. The molecule has 146 valence electrons. The molecule has 0 bridgehead atoms. The Bertz CT molecular complexity index is 785. The van der Waals surface area contributed by atoms with Gasteiger partial charge in [-0.1, -0.05) is 0 Å². The molecule has 8 heteroatoms. The van der Waals surface area contributed by atoms with Gasteiger partial charge in [0.1, 0.15) is 12.4 Å². The standard InChI is InChI=1S/C19H23F2N3O3/c1-4-26-18-11-13(5-8-17(18)25-3)24-19(22-2)23-9-10-27-14-6-7-15(20)16(21)12-14/h5-8,11-12H,4,9-10H2,1-3H3,(H2,22,23,24). The van der Waals surface area contributed by atoms with E-state index in [1.54, 1.807) is 20.2 Å². The molecule has 0 fully saturated rings. The highest BCUT2D eigenvalue weighted by Crippen LogP contribution is 2.30. The Morgan fingerprint density at radius 1 is 1.04 bits per heavy atom. The van der Waals surface area contributed by atoms with Crippen LogP contribution in [0.2, 0.25) is 0 Å². The van der Waals surface area contributed by atoms with Gasteiger partial charge in [0.25, 0.3) is 0 Å². The Balaban J connectivity index is 1.86. The number of nitrogens with zero attached hydrogens (tertiary/aromatic N) is 1. The van der Waals surface area contributed by atoms with E-state index in [4.69, 9.17) is 14.2 Å². The summed E-state index contributed by atoms with van der Waals surface area (Å²) in [6, 6.07) is 8.86. The zero-order valence-corrected chi connectivity index (χ0v) is 15.5. The van der Waals surface area contributed by atoms with Crippen LogP contribution in [0, 0.1) is 11.6 Å². The summed E-state index contributed by atoms with van der Waals surface area (Å²) in [4.78, 5) is 4.13. The van der Waals surface area contributed by atoms with E-state index < -0.39 is 11.6 Å². The minimum Gasteiger partial charge on any atom is -0.493 e. The third-order valence-electron chi connectivity index (χ3n) is 3.50. The number of halogens is 2. The number of hydrogen-bond donors (Lipinski definition) is 2. The summed E-state index contributed by atoms with van der Waals surface area (Å²) in [5.74, 6) is 0.206. The van der Waals surface area contributed by atoms with E-state index >= 15 is 0 Å². The van der Waals surface area contributed by atoms with Gasteiger partial charge >= 0.3 is 0 Å². The van der Waals surface area contributed by atoms with E-state index in [0.29, 0.717) is 30.6 Å². The molecule has 0 amide bonds. The summed E-state index contributed by atoms with van der Waals surface area (Å²) < 4.78 is 42.2. The number of nitrogens with one attached hydrogen (secondary N) is 2. The van der Waals surface area contributed by atoms with Gasteiger partial charge in [-0.05, 0) is 31.2 Å². The van der Waals surface area contributed by atoms with Gasteiger partial charge in [-0.2, -0.15) is 0 Å². The SMILES string of the molecule is CCOc1cc(NC(=NC)NCCOc2ccc(F)c(F)c2)ccc1OC. The first kappa shape index (κ1) is 20.3. The summed E-state index contributed by atoms with van der Waals surface area (Å²) in [5, 5.41) is 6.20. The van der Waals surface area contributed by atoms with Crippen LogP contribution >= 0.6 is 0 Å². The number of hydrogen-bond acceptors (Lipinski definition) is 4. The number of anilines is 1. The summed E-state index contributed by atoms with van der Waals surface area (Å²) >= 11 is 0. The maximum Gasteiger partial charge on any atom is 0.195 e. The van der Waals surface area contributed by atoms with Crippen molar-refractivity contribution in [2.24, 2.45) is 4.99 Å². The van der Waals surface area contributed by atoms with Crippen LogP contribution in [0.25, 0.3) is 0 Å². The highest BCUT2D eigenvalue weighted by atomic mass is 19.2. The van der Waals surface area contributed by atoms with Gasteiger partial charge in [0, 0.05) is 24.9 Å². The summed E-state index contributed by atoms with van der Waals surface area (Å²) in [7, 11) is 3.22. The summed E-state index contributed by atoms with van der Waals surface area (Å²) in [6.07, 6.45) is 0. The molecule has 2 rings (SSSR count). The van der Waals surface area contributed by atoms with E-state index in [1.807, 2.05) is 19.1 Å². The zero-order valence-electron chi connectivity index (χ0n) is 15.5. The van der Waals surface area contributed by atoms with Crippen molar-refractivity contribution in [2.45, 2.75) is 6.92 Å². The van der Waals surface area contributed by atoms with Crippen LogP contribution in [0.1, 0.15) is 6.92 Å². The lowest BCUT2D eigenvalue weighted by Gasteiger charge is -2.15. The fourth-order valence-electron chi connectivity index (χ4n) is 2.24. The van der Waals surface area contributed by atoms with Crippen molar-refractivity contribution in [1.29, 1.82) is 0 Å². The predicted octanol–water partition coefficient (Wildman–Crippen LogP) is 3.44. The van der Waals surface area contributed by atoms with Crippen molar-refractivity contribution in [3.63, 3.8) is 0 Å². The van der Waals surface area contributed by atoms with Crippen molar-refractivity contribution >= 4 is 11.6 Å². The molecule has 0 aliphatic carbocycles. The van der Waals surface area contributed by atoms with Crippen LogP contribution in [0.3, 0.4) is 0 Å². The van der Waals surface area contributed by atoms with Crippen LogP contribution in [-0.2, 0) is 0 Å².